The molecule has 0 saturated carbocycles. The van der Waals surface area contributed by atoms with Crippen LogP contribution in [0.3, 0.4) is 0 Å². The van der Waals surface area contributed by atoms with Crippen molar-refractivity contribution in [3.63, 3.8) is 0 Å². The van der Waals surface area contributed by atoms with E-state index < -0.39 is 17.7 Å². The van der Waals surface area contributed by atoms with Crippen molar-refractivity contribution in [3.05, 3.63) is 65.2 Å². The quantitative estimate of drug-likeness (QED) is 0.229. The molecule has 182 valence electrons. The highest BCUT2D eigenvalue weighted by atomic mass is 16.5. The van der Waals surface area contributed by atoms with E-state index in [0.717, 1.165) is 24.1 Å². The van der Waals surface area contributed by atoms with Crippen LogP contribution < -0.4 is 9.64 Å². The third kappa shape index (κ3) is 5.59. The van der Waals surface area contributed by atoms with Crippen molar-refractivity contribution in [1.29, 1.82) is 0 Å². The lowest BCUT2D eigenvalue weighted by Crippen LogP contribution is -2.31. The first kappa shape index (κ1) is 25.3. The number of anilines is 1. The Bertz CT molecular complexity index is 1030. The second-order valence-electron chi connectivity index (χ2n) is 8.55. The molecule has 0 spiro atoms. The minimum absolute atomic E-state index is 0.0886. The van der Waals surface area contributed by atoms with Crippen LogP contribution >= 0.6 is 0 Å². The molecule has 1 amide bonds. The maximum Gasteiger partial charge on any atom is 0.295 e. The van der Waals surface area contributed by atoms with Gasteiger partial charge in [0, 0.05) is 45.6 Å². The summed E-state index contributed by atoms with van der Waals surface area (Å²) in [4.78, 5) is 29.6. The van der Waals surface area contributed by atoms with Crippen LogP contribution in [-0.2, 0) is 14.3 Å². The molecule has 7 heteroatoms. The molecule has 7 nitrogen and oxygen atoms in total. The Labute approximate surface area is 201 Å². The number of methoxy groups -OCH3 is 1. The zero-order valence-electron chi connectivity index (χ0n) is 20.4. The summed E-state index contributed by atoms with van der Waals surface area (Å²) in [5, 5.41) is 11.3. The Morgan fingerprint density at radius 1 is 1.06 bits per heavy atom. The van der Waals surface area contributed by atoms with Crippen LogP contribution in [0.1, 0.15) is 43.4 Å². The molecule has 0 radical (unpaired) electrons. The number of ketones is 1. The number of likely N-dealkylation sites (tertiary alicyclic amines) is 1. The van der Waals surface area contributed by atoms with Crippen LogP contribution in [0.25, 0.3) is 5.76 Å². The minimum atomic E-state index is -0.686. The van der Waals surface area contributed by atoms with Crippen LogP contribution in [0.5, 0.6) is 5.75 Å². The molecular weight excluding hydrogens is 432 g/mol. The van der Waals surface area contributed by atoms with Gasteiger partial charge in [-0.2, -0.15) is 0 Å². The van der Waals surface area contributed by atoms with Gasteiger partial charge in [0.2, 0.25) is 0 Å². The molecule has 1 aliphatic rings. The molecule has 1 atom stereocenters. The number of carbonyl (C=O) groups is 2. The van der Waals surface area contributed by atoms with Crippen molar-refractivity contribution < 1.29 is 24.2 Å². The van der Waals surface area contributed by atoms with Gasteiger partial charge in [0.05, 0.1) is 18.2 Å². The molecule has 34 heavy (non-hydrogen) atoms. The van der Waals surface area contributed by atoms with Crippen LogP contribution in [0.4, 0.5) is 5.69 Å². The Morgan fingerprint density at radius 3 is 2.44 bits per heavy atom. The fraction of sp³-hybridized carbons (Fsp3) is 0.407. The minimum Gasteiger partial charge on any atom is -0.507 e. The molecule has 0 aromatic heterocycles. The van der Waals surface area contributed by atoms with Gasteiger partial charge in [-0.15, -0.1) is 0 Å². The Morgan fingerprint density at radius 2 is 1.79 bits per heavy atom. The van der Waals surface area contributed by atoms with Gasteiger partial charge in [0.15, 0.2) is 0 Å². The zero-order valence-corrected chi connectivity index (χ0v) is 20.4. The van der Waals surface area contributed by atoms with Gasteiger partial charge in [0.25, 0.3) is 11.7 Å². The number of aliphatic hydroxyl groups is 1. The predicted octanol–water partition coefficient (Wildman–Crippen LogP) is 4.39. The summed E-state index contributed by atoms with van der Waals surface area (Å²) in [5.74, 6) is -0.891. The van der Waals surface area contributed by atoms with Gasteiger partial charge < -0.3 is 24.4 Å². The van der Waals surface area contributed by atoms with E-state index in [1.54, 1.807) is 25.3 Å². The molecule has 0 aliphatic carbocycles. The molecule has 1 saturated heterocycles. The van der Waals surface area contributed by atoms with E-state index >= 15 is 0 Å². The highest BCUT2D eigenvalue weighted by Crippen LogP contribution is 2.40. The summed E-state index contributed by atoms with van der Waals surface area (Å²) in [5.41, 5.74) is 2.29. The molecule has 1 fully saturated rings. The number of Topliss-reactive ketones (excluding diaryl/α,β-unsaturated/α-hetero) is 1. The van der Waals surface area contributed by atoms with Gasteiger partial charge in [-0.25, -0.2) is 0 Å². The average Bonchev–Trinajstić information content (AvgIpc) is 3.09. The summed E-state index contributed by atoms with van der Waals surface area (Å²) in [7, 11) is 5.49. The van der Waals surface area contributed by atoms with Crippen molar-refractivity contribution in [2.75, 3.05) is 45.9 Å². The third-order valence-corrected chi connectivity index (χ3v) is 5.89. The van der Waals surface area contributed by atoms with E-state index in [4.69, 9.17) is 9.47 Å². The number of nitrogens with zero attached hydrogens (tertiary/aromatic N) is 2. The molecule has 2 aromatic rings. The molecule has 1 heterocycles. The van der Waals surface area contributed by atoms with Crippen molar-refractivity contribution in [1.82, 2.24) is 4.90 Å². The first-order valence-electron chi connectivity index (χ1n) is 11.7. The lowest BCUT2D eigenvalue weighted by atomic mass is 9.95. The van der Waals surface area contributed by atoms with E-state index in [0.29, 0.717) is 37.5 Å². The number of hydrogen-bond acceptors (Lipinski definition) is 6. The molecule has 2 aromatic carbocycles. The first-order valence-corrected chi connectivity index (χ1v) is 11.7. The van der Waals surface area contributed by atoms with Gasteiger partial charge in [-0.1, -0.05) is 37.6 Å². The lowest BCUT2D eigenvalue weighted by molar-refractivity contribution is -0.140. The van der Waals surface area contributed by atoms with Gasteiger partial charge >= 0.3 is 0 Å². The summed E-state index contributed by atoms with van der Waals surface area (Å²) in [6, 6.07) is 14.0. The van der Waals surface area contributed by atoms with E-state index in [9.17, 15) is 14.7 Å². The number of unbranched alkanes of at least 4 members (excludes halogenated alkanes) is 1. The molecule has 3 rings (SSSR count). The SMILES string of the molecule is CCCCOc1cccc(/C(O)=C2\C(=O)C(=O)N(CCCOC)C2c2ccc(N(C)C)cc2)c1. The van der Waals surface area contributed by atoms with Crippen LogP contribution in [-0.4, -0.2) is 62.7 Å². The Balaban J connectivity index is 2.04. The number of aliphatic hydroxyl groups excluding tert-OH is 1. The third-order valence-electron chi connectivity index (χ3n) is 5.89. The molecule has 1 N–H and O–H groups in total. The molecule has 0 bridgehead atoms. The van der Waals surface area contributed by atoms with Crippen molar-refractivity contribution >= 4 is 23.1 Å². The second kappa shape index (κ2) is 11.7. The summed E-state index contributed by atoms with van der Waals surface area (Å²) in [6.07, 6.45) is 2.52. The average molecular weight is 467 g/mol. The highest BCUT2D eigenvalue weighted by Gasteiger charge is 2.45. The van der Waals surface area contributed by atoms with E-state index in [2.05, 4.69) is 6.92 Å². The lowest BCUT2D eigenvalue weighted by Gasteiger charge is -2.26. The summed E-state index contributed by atoms with van der Waals surface area (Å²) >= 11 is 0. The Kier molecular flexibility index (Phi) is 8.71. The van der Waals surface area contributed by atoms with Crippen molar-refractivity contribution in [2.45, 2.75) is 32.2 Å². The Hall–Kier alpha value is -3.32. The van der Waals surface area contributed by atoms with Gasteiger partial charge in [-0.3, -0.25) is 9.59 Å². The maximum absolute atomic E-state index is 13.1. The van der Waals surface area contributed by atoms with Crippen molar-refractivity contribution in [2.24, 2.45) is 0 Å². The topological polar surface area (TPSA) is 79.3 Å². The van der Waals surface area contributed by atoms with E-state index in [1.807, 2.05) is 49.3 Å². The number of ether oxygens (including phenoxy) is 2. The maximum atomic E-state index is 13.1. The number of hydrogen-bond donors (Lipinski definition) is 1. The molecular formula is C27H34N2O5. The fourth-order valence-corrected chi connectivity index (χ4v) is 4.01. The standard InChI is InChI=1S/C27H34N2O5/c1-5-6-17-34-22-10-7-9-20(18-22)25(30)23-24(19-11-13-21(14-12-19)28(2)3)29(15-8-16-33-4)27(32)26(23)31/h7,9-14,18,24,30H,5-6,8,15-17H2,1-4H3/b25-23+. The normalized spacial score (nSPS) is 17.3. The summed E-state index contributed by atoms with van der Waals surface area (Å²) < 4.78 is 10.9. The van der Waals surface area contributed by atoms with Crippen molar-refractivity contribution in [3.8, 4) is 5.75 Å². The molecule has 1 unspecified atom stereocenters. The summed E-state index contributed by atoms with van der Waals surface area (Å²) in [6.45, 7) is 3.47. The fourth-order valence-electron chi connectivity index (χ4n) is 4.01. The van der Waals surface area contributed by atoms with Gasteiger partial charge in [0.1, 0.15) is 11.5 Å². The van der Waals surface area contributed by atoms with Crippen LogP contribution in [0.2, 0.25) is 0 Å². The first-order chi connectivity index (χ1) is 16.4. The zero-order chi connectivity index (χ0) is 24.7. The number of benzene rings is 2. The second-order valence-corrected chi connectivity index (χ2v) is 8.55. The van der Waals surface area contributed by atoms with Crippen LogP contribution in [0, 0.1) is 0 Å². The highest BCUT2D eigenvalue weighted by molar-refractivity contribution is 6.46. The predicted molar refractivity (Wildman–Crippen MR) is 133 cm³/mol. The monoisotopic (exact) mass is 466 g/mol. The number of carbonyl (C=O) groups excluding carboxylic acids is 2. The van der Waals surface area contributed by atoms with E-state index in [1.165, 1.54) is 4.90 Å². The van der Waals surface area contributed by atoms with E-state index in [-0.39, 0.29) is 11.3 Å². The number of amides is 1. The van der Waals surface area contributed by atoms with Crippen LogP contribution in [0.15, 0.2) is 54.1 Å². The molecule has 1 aliphatic heterocycles. The number of rotatable bonds is 11. The largest absolute Gasteiger partial charge is 0.507 e. The smallest absolute Gasteiger partial charge is 0.295 e. The van der Waals surface area contributed by atoms with Gasteiger partial charge in [-0.05, 0) is 42.7 Å².